The molecule has 0 saturated carbocycles. The number of amides is 1. The fraction of sp³-hybridized carbons (Fsp3) is 0.500. The molecular weight excluding hydrogens is 217 g/mol. The van der Waals surface area contributed by atoms with E-state index < -0.39 is 0 Å². The summed E-state index contributed by atoms with van der Waals surface area (Å²) in [7, 11) is 0. The second-order valence-electron chi connectivity index (χ2n) is 4.90. The van der Waals surface area contributed by atoms with Crippen LogP contribution in [0.3, 0.4) is 0 Å². The summed E-state index contributed by atoms with van der Waals surface area (Å²) in [6.07, 6.45) is 0. The van der Waals surface area contributed by atoms with Gasteiger partial charge in [-0.1, -0.05) is 20.8 Å². The highest BCUT2D eigenvalue weighted by atomic mass is 19.1. The van der Waals surface area contributed by atoms with Crippen molar-refractivity contribution in [1.29, 1.82) is 0 Å². The van der Waals surface area contributed by atoms with Gasteiger partial charge in [0.25, 0.3) is 5.91 Å². The van der Waals surface area contributed by atoms with Gasteiger partial charge in [-0.15, -0.1) is 0 Å². The standard InChI is InChI=1S/C14H20FNO/c1-9(2)11(4)8-16-14(17)12-5-6-13(15)10(3)7-12/h5-7,9,11H,8H2,1-4H3,(H,16,17). The maximum atomic E-state index is 13.1. The molecule has 1 amide bonds. The van der Waals surface area contributed by atoms with Crippen molar-refractivity contribution in [3.8, 4) is 0 Å². The van der Waals surface area contributed by atoms with Gasteiger partial charge in [-0.3, -0.25) is 4.79 Å². The van der Waals surface area contributed by atoms with E-state index in [1.807, 2.05) is 0 Å². The maximum Gasteiger partial charge on any atom is 0.251 e. The van der Waals surface area contributed by atoms with Crippen molar-refractivity contribution in [2.24, 2.45) is 11.8 Å². The lowest BCUT2D eigenvalue weighted by molar-refractivity contribution is 0.0945. The van der Waals surface area contributed by atoms with Crippen LogP contribution in [-0.4, -0.2) is 12.5 Å². The quantitative estimate of drug-likeness (QED) is 0.856. The van der Waals surface area contributed by atoms with Crippen LogP contribution in [0.15, 0.2) is 18.2 Å². The molecule has 1 aromatic carbocycles. The highest BCUT2D eigenvalue weighted by Gasteiger charge is 2.11. The van der Waals surface area contributed by atoms with Crippen LogP contribution < -0.4 is 5.32 Å². The number of rotatable bonds is 4. The number of halogens is 1. The minimum Gasteiger partial charge on any atom is -0.352 e. The van der Waals surface area contributed by atoms with E-state index in [9.17, 15) is 9.18 Å². The molecule has 0 aromatic heterocycles. The summed E-state index contributed by atoms with van der Waals surface area (Å²) < 4.78 is 13.1. The van der Waals surface area contributed by atoms with Gasteiger partial charge in [0.15, 0.2) is 0 Å². The molecule has 1 N–H and O–H groups in total. The fourth-order valence-corrected chi connectivity index (χ4v) is 1.38. The average molecular weight is 237 g/mol. The Morgan fingerprint density at radius 3 is 2.53 bits per heavy atom. The zero-order valence-electron chi connectivity index (χ0n) is 10.9. The molecular formula is C14H20FNO. The summed E-state index contributed by atoms with van der Waals surface area (Å²) >= 11 is 0. The number of nitrogens with one attached hydrogen (secondary N) is 1. The first-order valence-corrected chi connectivity index (χ1v) is 5.96. The molecule has 1 aromatic rings. The van der Waals surface area contributed by atoms with Gasteiger partial charge in [0, 0.05) is 12.1 Å². The first-order chi connectivity index (χ1) is 7.91. The largest absolute Gasteiger partial charge is 0.352 e. The molecule has 0 aliphatic heterocycles. The number of hydrogen-bond donors (Lipinski definition) is 1. The average Bonchev–Trinajstić information content (AvgIpc) is 2.28. The Labute approximate surface area is 102 Å². The zero-order valence-corrected chi connectivity index (χ0v) is 10.9. The molecule has 0 spiro atoms. The van der Waals surface area contributed by atoms with Crippen LogP contribution in [0.2, 0.25) is 0 Å². The maximum absolute atomic E-state index is 13.1. The Kier molecular flexibility index (Phi) is 4.67. The van der Waals surface area contributed by atoms with Crippen molar-refractivity contribution in [2.75, 3.05) is 6.54 Å². The van der Waals surface area contributed by atoms with Crippen LogP contribution in [0.5, 0.6) is 0 Å². The first-order valence-electron chi connectivity index (χ1n) is 5.96. The minimum absolute atomic E-state index is 0.138. The van der Waals surface area contributed by atoms with Crippen molar-refractivity contribution in [3.05, 3.63) is 35.1 Å². The molecule has 0 fully saturated rings. The summed E-state index contributed by atoms with van der Waals surface area (Å²) in [5.74, 6) is 0.545. The highest BCUT2D eigenvalue weighted by Crippen LogP contribution is 2.10. The molecule has 0 heterocycles. The molecule has 17 heavy (non-hydrogen) atoms. The normalized spacial score (nSPS) is 12.6. The molecule has 0 bridgehead atoms. The van der Waals surface area contributed by atoms with Crippen molar-refractivity contribution >= 4 is 5.91 Å². The van der Waals surface area contributed by atoms with Gasteiger partial charge >= 0.3 is 0 Å². The Balaban J connectivity index is 2.61. The van der Waals surface area contributed by atoms with Crippen molar-refractivity contribution in [2.45, 2.75) is 27.7 Å². The third kappa shape index (κ3) is 3.84. The van der Waals surface area contributed by atoms with E-state index in [1.165, 1.54) is 12.1 Å². The molecule has 0 radical (unpaired) electrons. The van der Waals surface area contributed by atoms with E-state index in [4.69, 9.17) is 0 Å². The third-order valence-corrected chi connectivity index (χ3v) is 3.14. The summed E-state index contributed by atoms with van der Waals surface area (Å²) in [5, 5.41) is 2.87. The Morgan fingerprint density at radius 1 is 1.35 bits per heavy atom. The fourth-order valence-electron chi connectivity index (χ4n) is 1.38. The van der Waals surface area contributed by atoms with Crippen LogP contribution in [0, 0.1) is 24.6 Å². The van der Waals surface area contributed by atoms with Crippen LogP contribution in [-0.2, 0) is 0 Å². The van der Waals surface area contributed by atoms with Gasteiger partial charge in [-0.05, 0) is 42.5 Å². The predicted octanol–water partition coefficient (Wildman–Crippen LogP) is 3.16. The van der Waals surface area contributed by atoms with Crippen LogP contribution >= 0.6 is 0 Å². The van der Waals surface area contributed by atoms with Gasteiger partial charge in [0.05, 0.1) is 0 Å². The monoisotopic (exact) mass is 237 g/mol. The van der Waals surface area contributed by atoms with Gasteiger partial charge in [0.1, 0.15) is 5.82 Å². The van der Waals surface area contributed by atoms with Crippen LogP contribution in [0.25, 0.3) is 0 Å². The molecule has 0 aliphatic rings. The number of benzene rings is 1. The van der Waals surface area contributed by atoms with Gasteiger partial charge in [-0.25, -0.2) is 4.39 Å². The molecule has 0 aliphatic carbocycles. The van der Waals surface area contributed by atoms with E-state index in [0.717, 1.165) is 0 Å². The lowest BCUT2D eigenvalue weighted by Crippen LogP contribution is -2.30. The van der Waals surface area contributed by atoms with E-state index in [2.05, 4.69) is 26.1 Å². The molecule has 2 nitrogen and oxygen atoms in total. The van der Waals surface area contributed by atoms with Crippen LogP contribution in [0.1, 0.15) is 36.7 Å². The van der Waals surface area contributed by atoms with Crippen LogP contribution in [0.4, 0.5) is 4.39 Å². The summed E-state index contributed by atoms with van der Waals surface area (Å²) in [6, 6.07) is 4.42. The number of hydrogen-bond acceptors (Lipinski definition) is 1. The summed E-state index contributed by atoms with van der Waals surface area (Å²) in [4.78, 5) is 11.8. The van der Waals surface area contributed by atoms with E-state index in [0.29, 0.717) is 29.5 Å². The van der Waals surface area contributed by atoms with E-state index >= 15 is 0 Å². The van der Waals surface area contributed by atoms with Crippen molar-refractivity contribution < 1.29 is 9.18 Å². The second-order valence-corrected chi connectivity index (χ2v) is 4.90. The predicted molar refractivity (Wildman–Crippen MR) is 67.5 cm³/mol. The minimum atomic E-state index is -0.280. The lowest BCUT2D eigenvalue weighted by Gasteiger charge is -2.16. The molecule has 1 unspecified atom stereocenters. The smallest absolute Gasteiger partial charge is 0.251 e. The topological polar surface area (TPSA) is 29.1 Å². The summed E-state index contributed by atoms with van der Waals surface area (Å²) in [6.45, 7) is 8.65. The summed E-state index contributed by atoms with van der Waals surface area (Å²) in [5.41, 5.74) is 1.01. The zero-order chi connectivity index (χ0) is 13.0. The first kappa shape index (κ1) is 13.7. The van der Waals surface area contributed by atoms with Crippen molar-refractivity contribution in [1.82, 2.24) is 5.32 Å². The van der Waals surface area contributed by atoms with Gasteiger partial charge in [-0.2, -0.15) is 0 Å². The second kappa shape index (κ2) is 5.80. The molecule has 1 atom stereocenters. The van der Waals surface area contributed by atoms with Crippen molar-refractivity contribution in [3.63, 3.8) is 0 Å². The Morgan fingerprint density at radius 2 is 2.00 bits per heavy atom. The lowest BCUT2D eigenvalue weighted by atomic mass is 9.98. The molecule has 94 valence electrons. The number of carbonyl (C=O) groups is 1. The highest BCUT2D eigenvalue weighted by molar-refractivity contribution is 5.94. The molecule has 3 heteroatoms. The van der Waals surface area contributed by atoms with E-state index in [1.54, 1.807) is 13.0 Å². The Hall–Kier alpha value is -1.38. The number of carbonyl (C=O) groups excluding carboxylic acids is 1. The molecule has 0 saturated heterocycles. The Bertz CT molecular complexity index is 401. The van der Waals surface area contributed by atoms with Gasteiger partial charge in [0.2, 0.25) is 0 Å². The number of aryl methyl sites for hydroxylation is 1. The van der Waals surface area contributed by atoms with Gasteiger partial charge < -0.3 is 5.32 Å². The molecule has 1 rings (SSSR count). The SMILES string of the molecule is Cc1cc(C(=O)NCC(C)C(C)C)ccc1F. The van der Waals surface area contributed by atoms with E-state index in [-0.39, 0.29) is 11.7 Å². The third-order valence-electron chi connectivity index (χ3n) is 3.14.